The molecule has 0 radical (unpaired) electrons. The van der Waals surface area contributed by atoms with Crippen molar-refractivity contribution < 1.29 is 37.3 Å². The zero-order valence-electron chi connectivity index (χ0n) is 10.2. The summed E-state index contributed by atoms with van der Waals surface area (Å²) in [6, 6.07) is -1.12. The molecule has 0 aromatic carbocycles. The molecule has 0 saturated carbocycles. The third-order valence-corrected chi connectivity index (χ3v) is 2.89. The summed E-state index contributed by atoms with van der Waals surface area (Å²) in [6.45, 7) is 2.60. The summed E-state index contributed by atoms with van der Waals surface area (Å²) in [5, 5.41) is 10.8. The molecule has 9 heteroatoms. The van der Waals surface area contributed by atoms with Crippen LogP contribution in [0.1, 0.15) is 13.8 Å². The zero-order chi connectivity index (χ0) is 14.4. The van der Waals surface area contributed by atoms with E-state index in [0.717, 1.165) is 0 Å². The van der Waals surface area contributed by atoms with E-state index >= 15 is 0 Å². The number of alkyl halides is 3. The van der Waals surface area contributed by atoms with Crippen molar-refractivity contribution in [2.75, 3.05) is 6.61 Å². The molecule has 0 aromatic rings. The topological polar surface area (TPSA) is 77.0 Å². The predicted octanol–water partition coefficient (Wildman–Crippen LogP) is -0.0978. The highest BCUT2D eigenvalue weighted by Gasteiger charge is 2.56. The Morgan fingerprint density at radius 1 is 1.37 bits per heavy atom. The van der Waals surface area contributed by atoms with Crippen molar-refractivity contribution in [1.82, 2.24) is 5.32 Å². The van der Waals surface area contributed by atoms with Gasteiger partial charge in [0, 0.05) is 0 Å². The molecule has 2 heterocycles. The first-order chi connectivity index (χ1) is 8.64. The first-order valence-corrected chi connectivity index (χ1v) is 5.64. The van der Waals surface area contributed by atoms with Gasteiger partial charge in [-0.1, -0.05) is 0 Å². The molecule has 0 bridgehead atoms. The monoisotopic (exact) mass is 285 g/mol. The molecule has 2 fully saturated rings. The van der Waals surface area contributed by atoms with Crippen LogP contribution in [0, 0.1) is 0 Å². The number of nitrogens with one attached hydrogen (secondary N) is 1. The van der Waals surface area contributed by atoms with Gasteiger partial charge in [0.25, 0.3) is 0 Å². The molecule has 0 spiro atoms. The molecule has 2 rings (SSSR count). The van der Waals surface area contributed by atoms with E-state index < -0.39 is 49.0 Å². The fourth-order valence-corrected chi connectivity index (χ4v) is 2.14. The molecule has 1 amide bonds. The van der Waals surface area contributed by atoms with Crippen LogP contribution in [0.4, 0.5) is 13.2 Å². The van der Waals surface area contributed by atoms with Crippen molar-refractivity contribution in [2.24, 2.45) is 0 Å². The number of aliphatic hydroxyl groups excluding tert-OH is 1. The lowest BCUT2D eigenvalue weighted by atomic mass is 10.1. The maximum Gasteiger partial charge on any atom is 0.471 e. The summed E-state index contributed by atoms with van der Waals surface area (Å²) in [5.41, 5.74) is 0. The Balaban J connectivity index is 2.10. The van der Waals surface area contributed by atoms with Gasteiger partial charge in [0.1, 0.15) is 12.2 Å². The van der Waals surface area contributed by atoms with E-state index in [1.54, 1.807) is 19.2 Å². The molecular weight excluding hydrogens is 271 g/mol. The van der Waals surface area contributed by atoms with Crippen molar-refractivity contribution >= 4 is 5.91 Å². The molecule has 2 saturated heterocycles. The predicted molar refractivity (Wildman–Crippen MR) is 53.8 cm³/mol. The summed E-state index contributed by atoms with van der Waals surface area (Å²) in [6.07, 6.45) is -7.81. The summed E-state index contributed by atoms with van der Waals surface area (Å²) in [5.74, 6) is -3.12. The minimum Gasteiger partial charge on any atom is -0.394 e. The van der Waals surface area contributed by atoms with Gasteiger partial charge in [0.05, 0.1) is 12.6 Å². The third kappa shape index (κ3) is 2.83. The number of hydrogen-bond donors (Lipinski definition) is 2. The highest BCUT2D eigenvalue weighted by Crippen LogP contribution is 2.37. The van der Waals surface area contributed by atoms with Gasteiger partial charge in [-0.25, -0.2) is 0 Å². The van der Waals surface area contributed by atoms with E-state index in [9.17, 15) is 18.0 Å². The number of aliphatic hydroxyl groups is 1. The van der Waals surface area contributed by atoms with E-state index in [0.29, 0.717) is 0 Å². The molecule has 4 atom stereocenters. The lowest BCUT2D eigenvalue weighted by Crippen LogP contribution is -2.52. The quantitative estimate of drug-likeness (QED) is 0.741. The van der Waals surface area contributed by atoms with Gasteiger partial charge < -0.3 is 24.6 Å². The number of halogens is 3. The van der Waals surface area contributed by atoms with Crippen molar-refractivity contribution in [3.05, 3.63) is 0 Å². The van der Waals surface area contributed by atoms with Crippen LogP contribution in [-0.2, 0) is 19.0 Å². The van der Waals surface area contributed by atoms with Crippen LogP contribution >= 0.6 is 0 Å². The maximum atomic E-state index is 12.2. The van der Waals surface area contributed by atoms with Gasteiger partial charge in [-0.3, -0.25) is 4.79 Å². The van der Waals surface area contributed by atoms with E-state index in [1.165, 1.54) is 0 Å². The molecule has 110 valence electrons. The van der Waals surface area contributed by atoms with Crippen LogP contribution in [0.25, 0.3) is 0 Å². The minimum atomic E-state index is -5.01. The Labute approximate surface area is 106 Å². The number of ether oxygens (including phenoxy) is 3. The normalized spacial score (nSPS) is 37.2. The number of amides is 1. The second-order valence-corrected chi connectivity index (χ2v) is 4.82. The van der Waals surface area contributed by atoms with Gasteiger partial charge >= 0.3 is 12.1 Å². The van der Waals surface area contributed by atoms with Crippen LogP contribution in [0.15, 0.2) is 0 Å². The summed E-state index contributed by atoms with van der Waals surface area (Å²) < 4.78 is 52.6. The number of carbonyl (C=O) groups is 1. The van der Waals surface area contributed by atoms with Gasteiger partial charge in [-0.2, -0.15) is 13.2 Å². The van der Waals surface area contributed by atoms with E-state index in [1.807, 2.05) is 0 Å². The SMILES string of the molecule is CC1(C)O[C@H]2O[C@H](CO)[C@@H](NC(=O)C(F)(F)F)[C@H]2O1. The maximum absolute atomic E-state index is 12.2. The highest BCUT2D eigenvalue weighted by atomic mass is 19.4. The lowest BCUT2D eigenvalue weighted by molar-refractivity contribution is -0.211. The zero-order valence-corrected chi connectivity index (χ0v) is 10.2. The Morgan fingerprint density at radius 2 is 2.00 bits per heavy atom. The third-order valence-electron chi connectivity index (χ3n) is 2.89. The average molecular weight is 285 g/mol. The number of hydrogen-bond acceptors (Lipinski definition) is 5. The number of carbonyl (C=O) groups excluding carboxylic acids is 1. The van der Waals surface area contributed by atoms with Crippen LogP contribution in [-0.4, -0.2) is 54.1 Å². The molecule has 19 heavy (non-hydrogen) atoms. The van der Waals surface area contributed by atoms with E-state index in [-0.39, 0.29) is 0 Å². The molecule has 0 unspecified atom stereocenters. The number of fused-ring (bicyclic) bond motifs is 1. The summed E-state index contributed by atoms with van der Waals surface area (Å²) in [4.78, 5) is 11.0. The molecule has 0 aliphatic carbocycles. The van der Waals surface area contributed by atoms with Gasteiger partial charge in [0.15, 0.2) is 12.1 Å². The largest absolute Gasteiger partial charge is 0.471 e. The first kappa shape index (κ1) is 14.5. The fraction of sp³-hybridized carbons (Fsp3) is 0.900. The second kappa shape index (κ2) is 4.58. The minimum absolute atomic E-state index is 0.553. The summed E-state index contributed by atoms with van der Waals surface area (Å²) in [7, 11) is 0. The molecule has 2 aliphatic rings. The van der Waals surface area contributed by atoms with Crippen molar-refractivity contribution in [3.63, 3.8) is 0 Å². The Bertz CT molecular complexity index is 373. The molecule has 0 aromatic heterocycles. The van der Waals surface area contributed by atoms with Gasteiger partial charge in [-0.05, 0) is 13.8 Å². The fourth-order valence-electron chi connectivity index (χ4n) is 2.14. The van der Waals surface area contributed by atoms with Crippen molar-refractivity contribution in [1.29, 1.82) is 0 Å². The Kier molecular flexibility index (Phi) is 3.50. The Hall–Kier alpha value is -0.900. The van der Waals surface area contributed by atoms with Gasteiger partial charge in [0.2, 0.25) is 0 Å². The van der Waals surface area contributed by atoms with Crippen LogP contribution in [0.2, 0.25) is 0 Å². The Morgan fingerprint density at radius 3 is 2.53 bits per heavy atom. The molecular formula is C10H14F3NO5. The summed E-state index contributed by atoms with van der Waals surface area (Å²) >= 11 is 0. The standard InChI is InChI=1S/C10H14F3NO5/c1-9(2)18-6-5(14-8(16)10(11,12)13)4(3-15)17-7(6)19-9/h4-7,15H,3H2,1-2H3,(H,14,16)/t4-,5-,6-,7-/m1/s1. The number of rotatable bonds is 2. The molecule has 2 aliphatic heterocycles. The highest BCUT2D eigenvalue weighted by molar-refractivity contribution is 5.82. The lowest BCUT2D eigenvalue weighted by Gasteiger charge is -2.25. The van der Waals surface area contributed by atoms with Crippen molar-refractivity contribution in [3.8, 4) is 0 Å². The van der Waals surface area contributed by atoms with Crippen molar-refractivity contribution in [2.45, 2.75) is 50.4 Å². The van der Waals surface area contributed by atoms with Gasteiger partial charge in [-0.15, -0.1) is 0 Å². The van der Waals surface area contributed by atoms with Crippen LogP contribution in [0.5, 0.6) is 0 Å². The molecule has 2 N–H and O–H groups in total. The van der Waals surface area contributed by atoms with Crippen LogP contribution < -0.4 is 5.32 Å². The smallest absolute Gasteiger partial charge is 0.394 e. The van der Waals surface area contributed by atoms with E-state index in [2.05, 4.69) is 0 Å². The van der Waals surface area contributed by atoms with E-state index in [4.69, 9.17) is 19.3 Å². The molecule has 6 nitrogen and oxygen atoms in total. The first-order valence-electron chi connectivity index (χ1n) is 5.64. The second-order valence-electron chi connectivity index (χ2n) is 4.82. The average Bonchev–Trinajstić information content (AvgIpc) is 2.70. The van der Waals surface area contributed by atoms with Crippen LogP contribution in [0.3, 0.4) is 0 Å².